The van der Waals surface area contributed by atoms with Crippen molar-refractivity contribution in [2.24, 2.45) is 5.92 Å². The molecule has 1 fully saturated rings. The first-order chi connectivity index (χ1) is 12.7. The fourth-order valence-corrected chi connectivity index (χ4v) is 3.99. The van der Waals surface area contributed by atoms with Crippen LogP contribution in [0, 0.1) is 5.92 Å². The molecule has 0 atom stereocenters. The molecule has 0 radical (unpaired) electrons. The molecular formula is C19H26N4O2S. The van der Waals surface area contributed by atoms with Gasteiger partial charge < -0.3 is 10.2 Å². The zero-order valence-electron chi connectivity index (χ0n) is 15.2. The molecule has 1 N–H and O–H groups in total. The molecule has 6 nitrogen and oxygen atoms in total. The molecule has 140 valence electrons. The maximum Gasteiger partial charge on any atom is 0.268 e. The van der Waals surface area contributed by atoms with Crippen molar-refractivity contribution < 1.29 is 4.79 Å². The summed E-state index contributed by atoms with van der Waals surface area (Å²) in [5.41, 5.74) is 0.803. The van der Waals surface area contributed by atoms with Gasteiger partial charge in [0.05, 0.1) is 11.9 Å². The van der Waals surface area contributed by atoms with E-state index in [1.165, 1.54) is 9.56 Å². The Bertz CT molecular complexity index is 764. The molecule has 0 saturated carbocycles. The second kappa shape index (κ2) is 8.98. The second-order valence-electron chi connectivity index (χ2n) is 6.66. The highest BCUT2D eigenvalue weighted by Gasteiger charge is 2.25. The quantitative estimate of drug-likeness (QED) is 0.807. The van der Waals surface area contributed by atoms with E-state index in [4.69, 9.17) is 0 Å². The van der Waals surface area contributed by atoms with Crippen LogP contribution in [0.3, 0.4) is 0 Å². The summed E-state index contributed by atoms with van der Waals surface area (Å²) in [5, 5.41) is 9.36. The fourth-order valence-electron chi connectivity index (χ4n) is 3.28. The van der Waals surface area contributed by atoms with Crippen molar-refractivity contribution in [2.75, 3.05) is 24.5 Å². The number of nitrogens with zero attached hydrogens (tertiary/aromatic N) is 3. The van der Waals surface area contributed by atoms with E-state index in [2.05, 4.69) is 26.8 Å². The number of piperidine rings is 1. The molecule has 3 heterocycles. The van der Waals surface area contributed by atoms with Crippen LogP contribution in [-0.2, 0) is 17.8 Å². The van der Waals surface area contributed by atoms with E-state index in [0.717, 1.165) is 44.5 Å². The van der Waals surface area contributed by atoms with E-state index in [0.29, 0.717) is 13.1 Å². The molecular weight excluding hydrogens is 348 g/mol. The number of anilines is 1. The van der Waals surface area contributed by atoms with Gasteiger partial charge in [0, 0.05) is 43.0 Å². The van der Waals surface area contributed by atoms with Gasteiger partial charge in [0.1, 0.15) is 0 Å². The molecule has 26 heavy (non-hydrogen) atoms. The normalized spacial score (nSPS) is 15.2. The first-order valence-corrected chi connectivity index (χ1v) is 10.2. The molecule has 1 aliphatic rings. The third-order valence-corrected chi connectivity index (χ3v) is 5.71. The molecule has 0 bridgehead atoms. The molecule has 1 aliphatic heterocycles. The summed E-state index contributed by atoms with van der Waals surface area (Å²) in [6.07, 6.45) is 5.16. The Kier molecular flexibility index (Phi) is 6.44. The van der Waals surface area contributed by atoms with Crippen molar-refractivity contribution in [2.45, 2.75) is 39.2 Å². The maximum atomic E-state index is 12.3. The number of thiophene rings is 1. The van der Waals surface area contributed by atoms with Gasteiger partial charge in [-0.15, -0.1) is 11.3 Å². The number of carbonyl (C=O) groups is 1. The Hall–Kier alpha value is -2.15. The van der Waals surface area contributed by atoms with Gasteiger partial charge in [0.15, 0.2) is 0 Å². The highest BCUT2D eigenvalue weighted by molar-refractivity contribution is 7.09. The molecule has 0 aliphatic carbocycles. The first kappa shape index (κ1) is 18.6. The van der Waals surface area contributed by atoms with Crippen LogP contribution in [0.25, 0.3) is 0 Å². The van der Waals surface area contributed by atoms with E-state index in [9.17, 15) is 9.59 Å². The Balaban J connectivity index is 1.47. The smallest absolute Gasteiger partial charge is 0.268 e. The number of hydrogen-bond acceptors (Lipinski definition) is 5. The van der Waals surface area contributed by atoms with Crippen LogP contribution >= 0.6 is 11.3 Å². The summed E-state index contributed by atoms with van der Waals surface area (Å²) in [6, 6.07) is 5.79. The summed E-state index contributed by atoms with van der Waals surface area (Å²) in [4.78, 5) is 27.9. The predicted molar refractivity (Wildman–Crippen MR) is 105 cm³/mol. The van der Waals surface area contributed by atoms with Crippen LogP contribution in [0.2, 0.25) is 0 Å². The zero-order valence-corrected chi connectivity index (χ0v) is 16.0. The second-order valence-corrected chi connectivity index (χ2v) is 7.69. The SMILES string of the molecule is CCCn1ncc(N2CCC(C(=O)NCCc3cccs3)CC2)cc1=O. The third-order valence-electron chi connectivity index (χ3n) is 4.77. The van der Waals surface area contributed by atoms with Crippen LogP contribution in [0.1, 0.15) is 31.1 Å². The summed E-state index contributed by atoms with van der Waals surface area (Å²) in [5.74, 6) is 0.209. The summed E-state index contributed by atoms with van der Waals surface area (Å²) in [6.45, 7) is 4.92. The van der Waals surface area contributed by atoms with Gasteiger partial charge in [-0.3, -0.25) is 9.59 Å². The monoisotopic (exact) mass is 374 g/mol. The maximum absolute atomic E-state index is 12.3. The van der Waals surface area contributed by atoms with E-state index >= 15 is 0 Å². The number of hydrogen-bond donors (Lipinski definition) is 1. The van der Waals surface area contributed by atoms with Crippen molar-refractivity contribution >= 4 is 22.9 Å². The van der Waals surface area contributed by atoms with Crippen molar-refractivity contribution in [3.63, 3.8) is 0 Å². The molecule has 7 heteroatoms. The van der Waals surface area contributed by atoms with Gasteiger partial charge in [-0.1, -0.05) is 13.0 Å². The van der Waals surface area contributed by atoms with E-state index in [1.807, 2.05) is 13.0 Å². The van der Waals surface area contributed by atoms with Gasteiger partial charge in [-0.2, -0.15) is 5.10 Å². The van der Waals surface area contributed by atoms with Crippen molar-refractivity contribution in [3.05, 3.63) is 45.0 Å². The van der Waals surface area contributed by atoms with Crippen molar-refractivity contribution in [1.29, 1.82) is 0 Å². The number of aryl methyl sites for hydroxylation is 1. The Morgan fingerprint density at radius 3 is 2.85 bits per heavy atom. The minimum Gasteiger partial charge on any atom is -0.370 e. The van der Waals surface area contributed by atoms with Crippen LogP contribution < -0.4 is 15.8 Å². The minimum atomic E-state index is -0.0576. The molecule has 0 aromatic carbocycles. The highest BCUT2D eigenvalue weighted by atomic mass is 32.1. The molecule has 0 spiro atoms. The lowest BCUT2D eigenvalue weighted by molar-refractivity contribution is -0.125. The molecule has 1 amide bonds. The average molecular weight is 375 g/mol. The number of aromatic nitrogens is 2. The predicted octanol–water partition coefficient (Wildman–Crippen LogP) is 2.29. The molecule has 1 saturated heterocycles. The highest BCUT2D eigenvalue weighted by Crippen LogP contribution is 2.22. The fraction of sp³-hybridized carbons (Fsp3) is 0.526. The number of amides is 1. The lowest BCUT2D eigenvalue weighted by Gasteiger charge is -2.32. The van der Waals surface area contributed by atoms with E-state index < -0.39 is 0 Å². The Labute approximate surface area is 157 Å². The average Bonchev–Trinajstić information content (AvgIpc) is 3.17. The van der Waals surface area contributed by atoms with Crippen LogP contribution in [0.15, 0.2) is 34.6 Å². The van der Waals surface area contributed by atoms with E-state index in [-0.39, 0.29) is 17.4 Å². The minimum absolute atomic E-state index is 0.0576. The van der Waals surface area contributed by atoms with Gasteiger partial charge in [-0.05, 0) is 37.1 Å². The van der Waals surface area contributed by atoms with Crippen LogP contribution in [0.4, 0.5) is 5.69 Å². The zero-order chi connectivity index (χ0) is 18.4. The summed E-state index contributed by atoms with van der Waals surface area (Å²) >= 11 is 1.72. The number of nitrogens with one attached hydrogen (secondary N) is 1. The lowest BCUT2D eigenvalue weighted by atomic mass is 9.95. The van der Waals surface area contributed by atoms with Gasteiger partial charge in [0.25, 0.3) is 5.56 Å². The lowest BCUT2D eigenvalue weighted by Crippen LogP contribution is -2.41. The van der Waals surface area contributed by atoms with Gasteiger partial charge in [0.2, 0.25) is 5.91 Å². The van der Waals surface area contributed by atoms with Crippen LogP contribution in [0.5, 0.6) is 0 Å². The first-order valence-electron chi connectivity index (χ1n) is 9.29. The van der Waals surface area contributed by atoms with Crippen molar-refractivity contribution in [1.82, 2.24) is 15.1 Å². The van der Waals surface area contributed by atoms with Gasteiger partial charge in [-0.25, -0.2) is 4.68 Å². The summed E-state index contributed by atoms with van der Waals surface area (Å²) < 4.78 is 1.50. The number of rotatable bonds is 7. The third kappa shape index (κ3) is 4.72. The standard InChI is InChI=1S/C19H26N4O2S/c1-2-9-23-18(24)13-16(14-21-23)22-10-6-15(7-11-22)19(25)20-8-5-17-4-3-12-26-17/h3-4,12-15H,2,5-11H2,1H3,(H,20,25). The molecule has 2 aromatic heterocycles. The topological polar surface area (TPSA) is 67.2 Å². The number of carbonyl (C=O) groups excluding carboxylic acids is 1. The van der Waals surface area contributed by atoms with Gasteiger partial charge >= 0.3 is 0 Å². The molecule has 0 unspecified atom stereocenters. The molecule has 3 rings (SSSR count). The Morgan fingerprint density at radius 1 is 1.38 bits per heavy atom. The Morgan fingerprint density at radius 2 is 2.19 bits per heavy atom. The van der Waals surface area contributed by atoms with Crippen LogP contribution in [-0.4, -0.2) is 35.3 Å². The van der Waals surface area contributed by atoms with Crippen molar-refractivity contribution in [3.8, 4) is 0 Å². The largest absolute Gasteiger partial charge is 0.370 e. The summed E-state index contributed by atoms with van der Waals surface area (Å²) in [7, 11) is 0. The molecule has 2 aromatic rings. The van der Waals surface area contributed by atoms with E-state index in [1.54, 1.807) is 23.6 Å².